The third-order valence-corrected chi connectivity index (χ3v) is 8.51. The monoisotopic (exact) mass is 595 g/mol. The molecule has 1 saturated heterocycles. The summed E-state index contributed by atoms with van der Waals surface area (Å²) < 4.78 is 0.516. The van der Waals surface area contributed by atoms with Gasteiger partial charge in [-0.15, -0.1) is 23.1 Å². The summed E-state index contributed by atoms with van der Waals surface area (Å²) >= 11 is 4.86. The average Bonchev–Trinajstić information content (AvgIpc) is 3.14. The van der Waals surface area contributed by atoms with Gasteiger partial charge in [-0.05, 0) is 5.57 Å². The minimum Gasteiger partial charge on any atom is -0.477 e. The topological polar surface area (TPSA) is 133 Å². The molecule has 2 amide bonds. The van der Waals surface area contributed by atoms with Crippen molar-refractivity contribution in [1.29, 1.82) is 0 Å². The van der Waals surface area contributed by atoms with Crippen molar-refractivity contribution in [3.63, 3.8) is 0 Å². The Balaban J connectivity index is 1.76. The molecule has 0 aliphatic carbocycles. The summed E-state index contributed by atoms with van der Waals surface area (Å²) in [6.07, 6.45) is 0. The van der Waals surface area contributed by atoms with Crippen molar-refractivity contribution >= 4 is 82.6 Å². The summed E-state index contributed by atoms with van der Waals surface area (Å²) in [6, 6.07) is -0.845. The van der Waals surface area contributed by atoms with Crippen molar-refractivity contribution in [2.75, 3.05) is 22.3 Å². The molecule has 31 heavy (non-hydrogen) atoms. The highest BCUT2D eigenvalue weighted by atomic mass is 127. The Morgan fingerprint density at radius 3 is 2.74 bits per heavy atom. The first-order valence-corrected chi connectivity index (χ1v) is 16.1. The molecule has 3 N–H and O–H groups in total. The predicted molar refractivity (Wildman–Crippen MR) is 131 cm³/mol. The number of carboxylic acids is 1. The number of nitrogens with one attached hydrogen (secondary N) is 2. The number of hydrogen-bond donors (Lipinski definition) is 3. The molecule has 2 aliphatic heterocycles. The number of halogens is 1. The molecule has 10 nitrogen and oxygen atoms in total. The van der Waals surface area contributed by atoms with E-state index in [1.807, 2.05) is 0 Å². The minimum atomic E-state index is -1.62. The van der Waals surface area contributed by atoms with Crippen LogP contribution in [0.5, 0.6) is 0 Å². The molecule has 0 saturated carbocycles. The molecule has 2 aliphatic rings. The number of aliphatic carboxylic acids is 1. The number of thioether (sulfide) groups is 1. The van der Waals surface area contributed by atoms with Crippen LogP contribution in [0.25, 0.3) is 0 Å². The van der Waals surface area contributed by atoms with Gasteiger partial charge < -0.3 is 20.2 Å². The van der Waals surface area contributed by atoms with E-state index in [0.717, 1.165) is 0 Å². The second-order valence-electron chi connectivity index (χ2n) is 7.79. The lowest BCUT2D eigenvalue weighted by atomic mass is 10.0. The molecular weight excluding hydrogens is 573 g/mol. The van der Waals surface area contributed by atoms with E-state index < -0.39 is 37.4 Å². The Morgan fingerprint density at radius 1 is 1.45 bits per heavy atom. The lowest BCUT2D eigenvalue weighted by Crippen LogP contribution is -2.71. The number of oxime groups is 1. The third-order valence-electron chi connectivity index (χ3n) is 4.32. The molecule has 0 radical (unpaired) electrons. The number of β-lactam (4-membered cyclic amide) rings is 1. The number of anilines is 1. The maximum absolute atomic E-state index is 12.9. The summed E-state index contributed by atoms with van der Waals surface area (Å²) in [5, 5.41) is 17.9. The number of carbonyl (C=O) groups is 3. The largest absolute Gasteiger partial charge is 0.477 e. The maximum Gasteiger partial charge on any atom is 0.352 e. The summed E-state index contributed by atoms with van der Waals surface area (Å²) in [6.45, 7) is 6.39. The fourth-order valence-corrected chi connectivity index (χ4v) is 7.79. The van der Waals surface area contributed by atoms with E-state index in [-0.39, 0.29) is 11.4 Å². The van der Waals surface area contributed by atoms with Crippen molar-refractivity contribution in [2.45, 2.75) is 31.1 Å². The van der Waals surface area contributed by atoms with Crippen LogP contribution < -0.4 is 10.3 Å². The average molecular weight is 596 g/mol. The smallest absolute Gasteiger partial charge is 0.352 e. The van der Waals surface area contributed by atoms with E-state index in [1.54, 1.807) is 5.38 Å². The van der Waals surface area contributed by atoms with Gasteiger partial charge in [-0.25, -0.2) is 9.78 Å². The highest BCUT2D eigenvalue weighted by Gasteiger charge is 2.54. The van der Waals surface area contributed by atoms with E-state index in [9.17, 15) is 19.5 Å². The van der Waals surface area contributed by atoms with Gasteiger partial charge >= 0.3 is 5.97 Å². The first-order chi connectivity index (χ1) is 14.6. The van der Waals surface area contributed by atoms with Crippen LogP contribution in [0.2, 0.25) is 19.6 Å². The third kappa shape index (κ3) is 5.06. The van der Waals surface area contributed by atoms with Crippen LogP contribution in [0.3, 0.4) is 0 Å². The number of nitrogens with zero attached hydrogens (tertiary/aromatic N) is 3. The second kappa shape index (κ2) is 9.46. The molecule has 0 spiro atoms. The molecule has 168 valence electrons. The van der Waals surface area contributed by atoms with Crippen molar-refractivity contribution in [3.8, 4) is 0 Å². The predicted octanol–water partition coefficient (Wildman–Crippen LogP) is 1.91. The van der Waals surface area contributed by atoms with Gasteiger partial charge in [-0.1, -0.05) is 47.4 Å². The Bertz CT molecular complexity index is 976. The zero-order chi connectivity index (χ0) is 22.9. The van der Waals surface area contributed by atoms with E-state index >= 15 is 0 Å². The van der Waals surface area contributed by atoms with Gasteiger partial charge in [-0.2, -0.15) is 0 Å². The maximum atomic E-state index is 12.9. The van der Waals surface area contributed by atoms with E-state index in [0.29, 0.717) is 26.6 Å². The number of carbonyl (C=O) groups excluding carboxylic acids is 2. The molecule has 0 bridgehead atoms. The highest BCUT2D eigenvalue weighted by molar-refractivity contribution is 14.1. The number of carboxylic acid groups (broad SMARTS) is 1. The molecule has 3 rings (SSSR count). The van der Waals surface area contributed by atoms with Gasteiger partial charge in [-0.3, -0.25) is 14.5 Å². The number of thiazole rings is 1. The van der Waals surface area contributed by atoms with E-state index in [2.05, 4.69) is 62.7 Å². The summed E-state index contributed by atoms with van der Waals surface area (Å²) in [7, 11) is -0.298. The Morgan fingerprint density at radius 2 is 2.16 bits per heavy atom. The number of aromatic nitrogens is 1. The van der Waals surface area contributed by atoms with Crippen LogP contribution in [0.4, 0.5) is 5.13 Å². The molecule has 1 fully saturated rings. The fraction of sp³-hybridized carbons (Fsp3) is 0.471. The molecule has 3 heterocycles. The fourth-order valence-electron chi connectivity index (χ4n) is 3.05. The van der Waals surface area contributed by atoms with Gasteiger partial charge in [0.15, 0.2) is 10.8 Å². The highest BCUT2D eigenvalue weighted by Crippen LogP contribution is 2.40. The number of hydrogen-bond acceptors (Lipinski definition) is 9. The van der Waals surface area contributed by atoms with Crippen LogP contribution >= 0.6 is 45.7 Å². The number of alkyl halides is 1. The van der Waals surface area contributed by atoms with Gasteiger partial charge in [0.2, 0.25) is 0 Å². The van der Waals surface area contributed by atoms with Crippen LogP contribution in [0.15, 0.2) is 21.8 Å². The molecule has 0 aromatic carbocycles. The van der Waals surface area contributed by atoms with Crippen LogP contribution in [-0.4, -0.2) is 75.4 Å². The first-order valence-electron chi connectivity index (χ1n) is 9.19. The lowest BCUT2D eigenvalue weighted by Gasteiger charge is -2.49. The summed E-state index contributed by atoms with van der Waals surface area (Å²) in [4.78, 5) is 51.1. The lowest BCUT2D eigenvalue weighted by molar-refractivity contribution is -0.150. The van der Waals surface area contributed by atoms with E-state index in [4.69, 9.17) is 4.84 Å². The first kappa shape index (κ1) is 24.0. The van der Waals surface area contributed by atoms with Crippen LogP contribution in [0.1, 0.15) is 5.69 Å². The summed E-state index contributed by atoms with van der Waals surface area (Å²) in [5.41, 5.74) is 1.000. The van der Waals surface area contributed by atoms with Gasteiger partial charge in [0.05, 0.1) is 0 Å². The molecule has 1 aromatic heterocycles. The quantitative estimate of drug-likeness (QED) is 0.104. The molecule has 1 unspecified atom stereocenters. The van der Waals surface area contributed by atoms with Gasteiger partial charge in [0.1, 0.15) is 38.2 Å². The minimum absolute atomic E-state index is 0.0148. The zero-order valence-corrected chi connectivity index (χ0v) is 22.1. The number of fused-ring (bicyclic) bond motifs is 1. The number of amides is 2. The van der Waals surface area contributed by atoms with Gasteiger partial charge in [0.25, 0.3) is 11.8 Å². The number of rotatable bonds is 8. The normalized spacial score (nSPS) is 21.4. The molecular formula is C17H22IN5O5S2Si. The van der Waals surface area contributed by atoms with Crippen LogP contribution in [-0.2, 0) is 19.2 Å². The van der Waals surface area contributed by atoms with Crippen molar-refractivity contribution in [3.05, 3.63) is 22.3 Å². The van der Waals surface area contributed by atoms with Crippen molar-refractivity contribution in [2.24, 2.45) is 5.16 Å². The van der Waals surface area contributed by atoms with Crippen molar-refractivity contribution < 1.29 is 24.3 Å². The zero-order valence-electron chi connectivity index (χ0n) is 17.3. The molecule has 1 aromatic rings. The Hall–Kier alpha value is -1.65. The molecule has 14 heteroatoms. The van der Waals surface area contributed by atoms with Crippen LogP contribution in [0, 0.1) is 0 Å². The second-order valence-corrected chi connectivity index (χ2v) is 15.3. The SMILES string of the molecule is CON=C(C(=O)NC1C(=O)N2C(C(=O)O)=C(CI)CS[C@@H]12)c1csc(N[Si](C)(C)C)n1. The van der Waals surface area contributed by atoms with Crippen molar-refractivity contribution in [1.82, 2.24) is 15.2 Å². The Labute approximate surface area is 202 Å². The summed E-state index contributed by atoms with van der Waals surface area (Å²) in [5.74, 6) is -1.71. The Kier molecular flexibility index (Phi) is 7.32. The van der Waals surface area contributed by atoms with E-state index in [1.165, 1.54) is 35.1 Å². The standard InChI is InChI=1S/C17H22IN5O5S2Si/c1-28-21-10(9-7-30-17(19-9)22-31(2,3)4)13(24)20-11-14(25)23-12(16(26)27)8(5-18)6-29-15(11)23/h7,11,15H,5-6H2,1-4H3,(H,19,22)(H,20,24)(H,26,27)/t11?,15-/m0/s1. The molecule has 2 atom stereocenters. The van der Waals surface area contributed by atoms with Gasteiger partial charge in [0, 0.05) is 15.6 Å².